The molecule has 0 saturated carbocycles. The highest BCUT2D eigenvalue weighted by Gasteiger charge is 2.19. The number of hydrogen-bond donors (Lipinski definition) is 1. The summed E-state index contributed by atoms with van der Waals surface area (Å²) < 4.78 is 17.5. The molecule has 0 spiro atoms. The van der Waals surface area contributed by atoms with Gasteiger partial charge in [0.05, 0.1) is 19.1 Å². The molecule has 138 valence electrons. The molecule has 0 saturated heterocycles. The molecule has 0 aromatic heterocycles. The van der Waals surface area contributed by atoms with Crippen LogP contribution in [0.15, 0.2) is 40.9 Å². The number of carbonyl (C=O) groups is 1. The van der Waals surface area contributed by atoms with E-state index in [0.717, 1.165) is 27.1 Å². The number of fused-ring (bicyclic) bond motifs is 1. The molecule has 2 aromatic rings. The number of rotatable bonds is 6. The van der Waals surface area contributed by atoms with Crippen LogP contribution in [0.4, 0.5) is 0 Å². The maximum atomic E-state index is 12.4. The molecule has 1 N–H and O–H groups in total. The van der Waals surface area contributed by atoms with E-state index in [4.69, 9.17) is 14.2 Å². The molecule has 1 heterocycles. The molecule has 3 rings (SSSR count). The number of nitrogens with one attached hydrogen (secondary N) is 1. The van der Waals surface area contributed by atoms with Crippen molar-refractivity contribution in [3.8, 4) is 17.2 Å². The summed E-state index contributed by atoms with van der Waals surface area (Å²) in [6.07, 6.45) is 0.318. The van der Waals surface area contributed by atoms with Crippen LogP contribution in [0.5, 0.6) is 17.2 Å². The van der Waals surface area contributed by atoms with Gasteiger partial charge in [-0.25, -0.2) is 0 Å². The van der Waals surface area contributed by atoms with Crippen molar-refractivity contribution in [2.75, 3.05) is 19.8 Å². The van der Waals surface area contributed by atoms with Crippen molar-refractivity contribution < 1.29 is 19.0 Å². The molecule has 0 bridgehead atoms. The van der Waals surface area contributed by atoms with Gasteiger partial charge >= 0.3 is 0 Å². The maximum absolute atomic E-state index is 12.4. The molecule has 1 atom stereocenters. The summed E-state index contributed by atoms with van der Waals surface area (Å²) in [5, 5.41) is 3.04. The van der Waals surface area contributed by atoms with Gasteiger partial charge in [0.25, 0.3) is 0 Å². The average Bonchev–Trinajstić information content (AvgIpc) is 2.63. The second-order valence-electron chi connectivity index (χ2n) is 6.06. The monoisotopic (exact) mass is 419 g/mol. The Hall–Kier alpha value is -2.21. The molecule has 0 radical (unpaired) electrons. The van der Waals surface area contributed by atoms with Gasteiger partial charge in [-0.1, -0.05) is 28.1 Å². The minimum atomic E-state index is -0.157. The van der Waals surface area contributed by atoms with Crippen molar-refractivity contribution in [1.82, 2.24) is 5.32 Å². The van der Waals surface area contributed by atoms with E-state index in [-0.39, 0.29) is 11.9 Å². The largest absolute Gasteiger partial charge is 0.494 e. The van der Waals surface area contributed by atoms with Gasteiger partial charge < -0.3 is 19.5 Å². The van der Waals surface area contributed by atoms with E-state index in [0.29, 0.717) is 32.0 Å². The average molecular weight is 420 g/mol. The van der Waals surface area contributed by atoms with Crippen LogP contribution in [0.1, 0.15) is 31.0 Å². The van der Waals surface area contributed by atoms with E-state index in [1.807, 2.05) is 50.2 Å². The summed E-state index contributed by atoms with van der Waals surface area (Å²) >= 11 is 3.55. The molecule has 0 fully saturated rings. The first-order chi connectivity index (χ1) is 12.6. The second kappa shape index (κ2) is 8.45. The number of carbonyl (C=O) groups excluding carboxylic acids is 1. The SMILES string of the molecule is CCOc1ccc(CC(=O)NC(C)c2cc3c(cc2Br)OCCO3)cc1. The number of ether oxygens (including phenoxy) is 3. The molecule has 26 heavy (non-hydrogen) atoms. The fraction of sp³-hybridized carbons (Fsp3) is 0.350. The van der Waals surface area contributed by atoms with Crippen LogP contribution in [0.25, 0.3) is 0 Å². The van der Waals surface area contributed by atoms with E-state index in [1.54, 1.807) is 0 Å². The third kappa shape index (κ3) is 4.49. The van der Waals surface area contributed by atoms with Gasteiger partial charge in [0.1, 0.15) is 19.0 Å². The summed E-state index contributed by atoms with van der Waals surface area (Å²) in [6, 6.07) is 11.2. The van der Waals surface area contributed by atoms with Gasteiger partial charge in [-0.3, -0.25) is 4.79 Å². The molecule has 6 heteroatoms. The van der Waals surface area contributed by atoms with Crippen molar-refractivity contribution in [2.45, 2.75) is 26.3 Å². The Morgan fingerprint density at radius 1 is 1.19 bits per heavy atom. The molecule has 1 aliphatic heterocycles. The summed E-state index contributed by atoms with van der Waals surface area (Å²) in [5.74, 6) is 2.20. The van der Waals surface area contributed by atoms with E-state index in [1.165, 1.54) is 0 Å². The summed E-state index contributed by atoms with van der Waals surface area (Å²) in [4.78, 5) is 12.4. The van der Waals surface area contributed by atoms with Crippen molar-refractivity contribution in [2.24, 2.45) is 0 Å². The first-order valence-corrected chi connectivity index (χ1v) is 9.46. The van der Waals surface area contributed by atoms with E-state index in [2.05, 4.69) is 21.2 Å². The Labute approximate surface area is 161 Å². The van der Waals surface area contributed by atoms with Gasteiger partial charge in [-0.15, -0.1) is 0 Å². The quantitative estimate of drug-likeness (QED) is 0.767. The predicted octanol–water partition coefficient (Wildman–Crippen LogP) is 4.04. The normalized spacial score (nSPS) is 13.8. The molecular formula is C20H22BrNO4. The van der Waals surface area contributed by atoms with E-state index < -0.39 is 0 Å². The summed E-state index contributed by atoms with van der Waals surface area (Å²) in [7, 11) is 0. The molecule has 0 aliphatic carbocycles. The van der Waals surface area contributed by atoms with Gasteiger partial charge in [-0.05, 0) is 49.2 Å². The van der Waals surface area contributed by atoms with Gasteiger partial charge in [-0.2, -0.15) is 0 Å². The van der Waals surface area contributed by atoms with E-state index >= 15 is 0 Å². The lowest BCUT2D eigenvalue weighted by atomic mass is 10.1. The number of amides is 1. The third-order valence-electron chi connectivity index (χ3n) is 4.10. The van der Waals surface area contributed by atoms with Crippen molar-refractivity contribution in [3.05, 3.63) is 52.0 Å². The highest BCUT2D eigenvalue weighted by atomic mass is 79.9. The molecule has 1 unspecified atom stereocenters. The minimum Gasteiger partial charge on any atom is -0.494 e. The van der Waals surface area contributed by atoms with Crippen molar-refractivity contribution in [1.29, 1.82) is 0 Å². The smallest absolute Gasteiger partial charge is 0.224 e. The van der Waals surface area contributed by atoms with Crippen LogP contribution < -0.4 is 19.5 Å². The lowest BCUT2D eigenvalue weighted by Gasteiger charge is -2.22. The van der Waals surface area contributed by atoms with Crippen LogP contribution in [0.3, 0.4) is 0 Å². The Morgan fingerprint density at radius 2 is 1.85 bits per heavy atom. The standard InChI is InChI=1S/C20H22BrNO4/c1-3-24-15-6-4-14(5-7-15)10-20(23)22-13(2)16-11-18-19(12-17(16)21)26-9-8-25-18/h4-7,11-13H,3,8-10H2,1-2H3,(H,22,23). The van der Waals surface area contributed by atoms with Crippen molar-refractivity contribution >= 4 is 21.8 Å². The van der Waals surface area contributed by atoms with Crippen LogP contribution in [0.2, 0.25) is 0 Å². The maximum Gasteiger partial charge on any atom is 0.224 e. The van der Waals surface area contributed by atoms with Crippen LogP contribution in [-0.4, -0.2) is 25.7 Å². The summed E-state index contributed by atoms with van der Waals surface area (Å²) in [6.45, 7) is 5.60. The lowest BCUT2D eigenvalue weighted by molar-refractivity contribution is -0.121. The molecule has 1 aliphatic rings. The fourth-order valence-corrected chi connectivity index (χ4v) is 3.50. The summed E-state index contributed by atoms with van der Waals surface area (Å²) in [5.41, 5.74) is 1.90. The zero-order valence-corrected chi connectivity index (χ0v) is 16.5. The van der Waals surface area contributed by atoms with Crippen LogP contribution in [0, 0.1) is 0 Å². The molecule has 2 aromatic carbocycles. The Balaban J connectivity index is 1.63. The Morgan fingerprint density at radius 3 is 2.50 bits per heavy atom. The predicted molar refractivity (Wildman–Crippen MR) is 103 cm³/mol. The first kappa shape index (κ1) is 18.6. The Bertz CT molecular complexity index is 776. The molecule has 1 amide bonds. The van der Waals surface area contributed by atoms with Crippen LogP contribution >= 0.6 is 15.9 Å². The first-order valence-electron chi connectivity index (χ1n) is 8.67. The minimum absolute atomic E-state index is 0.0385. The highest BCUT2D eigenvalue weighted by Crippen LogP contribution is 2.37. The van der Waals surface area contributed by atoms with Gasteiger partial charge in [0.15, 0.2) is 11.5 Å². The highest BCUT2D eigenvalue weighted by molar-refractivity contribution is 9.10. The van der Waals surface area contributed by atoms with E-state index in [9.17, 15) is 4.79 Å². The number of benzene rings is 2. The van der Waals surface area contributed by atoms with Crippen molar-refractivity contribution in [3.63, 3.8) is 0 Å². The number of hydrogen-bond acceptors (Lipinski definition) is 4. The molecule has 5 nitrogen and oxygen atoms in total. The van der Waals surface area contributed by atoms with Crippen LogP contribution in [-0.2, 0) is 11.2 Å². The molecular weight excluding hydrogens is 398 g/mol. The lowest BCUT2D eigenvalue weighted by Crippen LogP contribution is -2.28. The zero-order chi connectivity index (χ0) is 18.5. The topological polar surface area (TPSA) is 56.8 Å². The third-order valence-corrected chi connectivity index (χ3v) is 4.79. The second-order valence-corrected chi connectivity index (χ2v) is 6.91. The zero-order valence-electron chi connectivity index (χ0n) is 14.9. The number of halogens is 1. The van der Waals surface area contributed by atoms with Gasteiger partial charge in [0.2, 0.25) is 5.91 Å². The van der Waals surface area contributed by atoms with Gasteiger partial charge in [0, 0.05) is 4.47 Å². The fourth-order valence-electron chi connectivity index (χ4n) is 2.84. The Kier molecular flexibility index (Phi) is 6.04.